The molecule has 2 amide bonds. The molecule has 3 aromatic carbocycles. The Bertz CT molecular complexity index is 1420. The summed E-state index contributed by atoms with van der Waals surface area (Å²) in [6.45, 7) is 2.65. The van der Waals surface area contributed by atoms with Crippen molar-refractivity contribution in [1.82, 2.24) is 30.4 Å². The molecule has 4 aromatic rings. The van der Waals surface area contributed by atoms with Crippen molar-refractivity contribution in [3.8, 4) is 5.69 Å². The first-order chi connectivity index (χ1) is 17.9. The minimum atomic E-state index is -0.536. The molecule has 0 bridgehead atoms. The summed E-state index contributed by atoms with van der Waals surface area (Å²) < 4.78 is 1.52. The molecule has 0 aliphatic carbocycles. The monoisotopic (exact) mass is 517 g/mol. The van der Waals surface area contributed by atoms with Gasteiger partial charge in [0.15, 0.2) is 0 Å². The molecule has 9 nitrogen and oxygen atoms in total. The van der Waals surface area contributed by atoms with Crippen LogP contribution in [-0.4, -0.2) is 55.5 Å². The van der Waals surface area contributed by atoms with E-state index in [4.69, 9.17) is 17.3 Å². The Hall–Kier alpha value is -3.82. The summed E-state index contributed by atoms with van der Waals surface area (Å²) in [6.07, 6.45) is 2.91. The third kappa shape index (κ3) is 5.33. The fraction of sp³-hybridized carbons (Fsp3) is 0.296. The van der Waals surface area contributed by atoms with Crippen LogP contribution in [0.1, 0.15) is 24.5 Å². The molecule has 37 heavy (non-hydrogen) atoms. The van der Waals surface area contributed by atoms with Gasteiger partial charge in [-0.2, -0.15) is 0 Å². The molecule has 3 N–H and O–H groups in total. The summed E-state index contributed by atoms with van der Waals surface area (Å²) >= 11 is 6.20. The number of aromatic nitrogens is 4. The Morgan fingerprint density at radius 3 is 2.73 bits per heavy atom. The SMILES string of the molecule is C[C@@H](C(=O)NCc1cc(Cl)ccc1-n1cnnn1)N1CC(Cc2cccc3ccccc23)CC1C(N)=O. The van der Waals surface area contributed by atoms with Crippen molar-refractivity contribution in [3.63, 3.8) is 0 Å². The van der Waals surface area contributed by atoms with Crippen LogP contribution < -0.4 is 11.1 Å². The van der Waals surface area contributed by atoms with Gasteiger partial charge in [-0.15, -0.1) is 5.10 Å². The maximum Gasteiger partial charge on any atom is 0.237 e. The van der Waals surface area contributed by atoms with Crippen molar-refractivity contribution in [2.24, 2.45) is 11.7 Å². The van der Waals surface area contributed by atoms with E-state index in [1.54, 1.807) is 18.2 Å². The number of benzene rings is 3. The molecule has 10 heteroatoms. The van der Waals surface area contributed by atoms with Crippen LogP contribution in [0.25, 0.3) is 16.5 Å². The molecule has 1 aromatic heterocycles. The highest BCUT2D eigenvalue weighted by atomic mass is 35.5. The molecule has 0 radical (unpaired) electrons. The predicted octanol–water partition coefficient (Wildman–Crippen LogP) is 2.89. The van der Waals surface area contributed by atoms with Crippen LogP contribution >= 0.6 is 11.6 Å². The van der Waals surface area contributed by atoms with E-state index in [0.717, 1.165) is 12.0 Å². The van der Waals surface area contributed by atoms with Gasteiger partial charge in [0.1, 0.15) is 6.33 Å². The van der Waals surface area contributed by atoms with Gasteiger partial charge in [0.05, 0.1) is 17.8 Å². The summed E-state index contributed by atoms with van der Waals surface area (Å²) in [6, 6.07) is 18.9. The molecule has 0 spiro atoms. The number of primary amides is 1. The second kappa shape index (κ2) is 10.7. The Morgan fingerprint density at radius 1 is 1.14 bits per heavy atom. The van der Waals surface area contributed by atoms with Gasteiger partial charge >= 0.3 is 0 Å². The van der Waals surface area contributed by atoms with Gasteiger partial charge in [0.2, 0.25) is 11.8 Å². The molecular weight excluding hydrogens is 490 g/mol. The largest absolute Gasteiger partial charge is 0.368 e. The number of likely N-dealkylation sites (tertiary alicyclic amines) is 1. The van der Waals surface area contributed by atoms with Crippen molar-refractivity contribution in [2.75, 3.05) is 6.54 Å². The number of halogens is 1. The van der Waals surface area contributed by atoms with Crippen LogP contribution in [-0.2, 0) is 22.6 Å². The Balaban J connectivity index is 1.28. The number of tetrazole rings is 1. The van der Waals surface area contributed by atoms with Gasteiger partial charge in [-0.05, 0) is 76.2 Å². The van der Waals surface area contributed by atoms with Crippen LogP contribution in [0.3, 0.4) is 0 Å². The number of nitrogens with zero attached hydrogens (tertiary/aromatic N) is 5. The Morgan fingerprint density at radius 2 is 1.95 bits per heavy atom. The fourth-order valence-corrected chi connectivity index (χ4v) is 5.45. The highest BCUT2D eigenvalue weighted by Gasteiger charge is 2.40. The fourth-order valence-electron chi connectivity index (χ4n) is 5.26. The smallest absolute Gasteiger partial charge is 0.237 e. The van der Waals surface area contributed by atoms with Crippen molar-refractivity contribution in [2.45, 2.75) is 38.4 Å². The van der Waals surface area contributed by atoms with Crippen molar-refractivity contribution < 1.29 is 9.59 Å². The summed E-state index contributed by atoms with van der Waals surface area (Å²) in [5.41, 5.74) is 8.50. The molecular formula is C27H28ClN7O2. The first-order valence-corrected chi connectivity index (χ1v) is 12.6. The van der Waals surface area contributed by atoms with Crippen molar-refractivity contribution in [3.05, 3.63) is 83.1 Å². The summed E-state index contributed by atoms with van der Waals surface area (Å²) in [5, 5.41) is 17.2. The molecule has 3 atom stereocenters. The number of carbonyl (C=O) groups is 2. The van der Waals surface area contributed by atoms with E-state index in [0.29, 0.717) is 23.7 Å². The van der Waals surface area contributed by atoms with Gasteiger partial charge in [-0.3, -0.25) is 14.5 Å². The molecule has 190 valence electrons. The summed E-state index contributed by atoms with van der Waals surface area (Å²) in [4.78, 5) is 27.5. The first-order valence-electron chi connectivity index (χ1n) is 12.2. The highest BCUT2D eigenvalue weighted by Crippen LogP contribution is 2.30. The lowest BCUT2D eigenvalue weighted by Gasteiger charge is -2.28. The average molecular weight is 518 g/mol. The van der Waals surface area contributed by atoms with E-state index in [9.17, 15) is 9.59 Å². The van der Waals surface area contributed by atoms with Crippen LogP contribution in [0.15, 0.2) is 67.0 Å². The van der Waals surface area contributed by atoms with E-state index < -0.39 is 18.0 Å². The number of rotatable bonds is 8. The topological polar surface area (TPSA) is 119 Å². The molecule has 1 saturated heterocycles. The minimum Gasteiger partial charge on any atom is -0.368 e. The highest BCUT2D eigenvalue weighted by molar-refractivity contribution is 6.30. The first kappa shape index (κ1) is 24.9. The van der Waals surface area contributed by atoms with Crippen LogP contribution in [0.4, 0.5) is 0 Å². The quantitative estimate of drug-likeness (QED) is 0.371. The molecule has 1 aliphatic heterocycles. The zero-order valence-corrected chi connectivity index (χ0v) is 21.2. The molecule has 5 rings (SSSR count). The number of amides is 2. The van der Waals surface area contributed by atoms with E-state index >= 15 is 0 Å². The normalized spacial score (nSPS) is 18.6. The third-order valence-electron chi connectivity index (χ3n) is 7.11. The average Bonchev–Trinajstić information content (AvgIpc) is 3.58. The van der Waals surface area contributed by atoms with E-state index in [1.165, 1.54) is 27.3 Å². The van der Waals surface area contributed by atoms with Gasteiger partial charge in [0, 0.05) is 18.1 Å². The summed E-state index contributed by atoms with van der Waals surface area (Å²) in [7, 11) is 0. The molecule has 1 fully saturated rings. The summed E-state index contributed by atoms with van der Waals surface area (Å²) in [5.74, 6) is -0.395. The molecule has 1 aliphatic rings. The van der Waals surface area contributed by atoms with Gasteiger partial charge < -0.3 is 11.1 Å². The molecule has 2 heterocycles. The maximum absolute atomic E-state index is 13.2. The molecule has 0 saturated carbocycles. The lowest BCUT2D eigenvalue weighted by atomic mass is 9.93. The van der Waals surface area contributed by atoms with Crippen LogP contribution in [0.5, 0.6) is 0 Å². The zero-order valence-electron chi connectivity index (χ0n) is 20.4. The third-order valence-corrected chi connectivity index (χ3v) is 7.35. The second-order valence-corrected chi connectivity index (χ2v) is 9.92. The van der Waals surface area contributed by atoms with E-state index in [2.05, 4.69) is 51.2 Å². The number of nitrogens with two attached hydrogens (primary N) is 1. The second-order valence-electron chi connectivity index (χ2n) is 9.48. The lowest BCUT2D eigenvalue weighted by molar-refractivity contribution is -0.129. The molecule has 2 unspecified atom stereocenters. The van der Waals surface area contributed by atoms with Gasteiger partial charge in [-0.25, -0.2) is 4.68 Å². The number of hydrogen-bond acceptors (Lipinski definition) is 6. The van der Waals surface area contributed by atoms with Crippen LogP contribution in [0, 0.1) is 5.92 Å². The Kier molecular flexibility index (Phi) is 7.16. The maximum atomic E-state index is 13.2. The van der Waals surface area contributed by atoms with E-state index in [-0.39, 0.29) is 18.4 Å². The van der Waals surface area contributed by atoms with Crippen molar-refractivity contribution >= 4 is 34.2 Å². The Labute approximate surface area is 219 Å². The lowest BCUT2D eigenvalue weighted by Crippen LogP contribution is -2.51. The number of nitrogens with one attached hydrogen (secondary N) is 1. The predicted molar refractivity (Wildman–Crippen MR) is 141 cm³/mol. The standard InChI is InChI=1S/C27H28ClN7O2/c1-17(27(37)30-14-21-13-22(28)9-10-24(21)35-16-31-32-33-35)34-15-18(12-25(34)26(29)36)11-20-7-4-6-19-5-2-3-8-23(19)20/h2-10,13,16-18,25H,11-12,14-15H2,1H3,(H2,29,36)(H,30,37)/t17-,18?,25?/m0/s1. The number of carbonyl (C=O) groups excluding carboxylic acids is 2. The van der Waals surface area contributed by atoms with Gasteiger partial charge in [-0.1, -0.05) is 54.1 Å². The number of hydrogen-bond donors (Lipinski definition) is 2. The van der Waals surface area contributed by atoms with Crippen LogP contribution in [0.2, 0.25) is 5.02 Å². The zero-order chi connectivity index (χ0) is 25.9. The van der Waals surface area contributed by atoms with Crippen molar-refractivity contribution in [1.29, 1.82) is 0 Å². The number of fused-ring (bicyclic) bond motifs is 1. The van der Waals surface area contributed by atoms with Gasteiger partial charge in [0.25, 0.3) is 0 Å². The minimum absolute atomic E-state index is 0.195. The van der Waals surface area contributed by atoms with E-state index in [1.807, 2.05) is 24.0 Å².